The van der Waals surface area contributed by atoms with Crippen LogP contribution in [-0.2, 0) is 6.42 Å². The van der Waals surface area contributed by atoms with Crippen LogP contribution in [0.15, 0.2) is 50.8 Å². The summed E-state index contributed by atoms with van der Waals surface area (Å²) < 4.78 is 7.33. The maximum Gasteiger partial charge on any atom is 0.282 e. The Bertz CT molecular complexity index is 1050. The molecule has 1 heterocycles. The molecule has 0 N–H and O–H groups in total. The summed E-state index contributed by atoms with van der Waals surface area (Å²) in [4.78, 5) is 17.5. The third kappa shape index (κ3) is 3.81. The molecule has 0 atom stereocenters. The number of halogens is 2. The Kier molecular flexibility index (Phi) is 5.74. The molecule has 0 bridgehead atoms. The van der Waals surface area contributed by atoms with Crippen molar-refractivity contribution in [3.05, 3.63) is 67.6 Å². The summed E-state index contributed by atoms with van der Waals surface area (Å²) in [5.74, 6) is 1.22. The second kappa shape index (κ2) is 8.01. The van der Waals surface area contributed by atoms with E-state index < -0.39 is 0 Å². The van der Waals surface area contributed by atoms with Crippen molar-refractivity contribution >= 4 is 44.6 Å². The van der Waals surface area contributed by atoms with E-state index in [0.29, 0.717) is 33.9 Å². The molecule has 0 amide bonds. The van der Waals surface area contributed by atoms with Crippen LogP contribution < -0.4 is 10.3 Å². The smallest absolute Gasteiger partial charge is 0.282 e. The van der Waals surface area contributed by atoms with Crippen molar-refractivity contribution in [2.24, 2.45) is 5.10 Å². The van der Waals surface area contributed by atoms with E-state index in [9.17, 15) is 4.79 Å². The van der Waals surface area contributed by atoms with E-state index in [1.165, 1.54) is 4.68 Å². The van der Waals surface area contributed by atoms with Crippen molar-refractivity contribution in [2.75, 3.05) is 7.11 Å². The summed E-state index contributed by atoms with van der Waals surface area (Å²) in [6.45, 7) is 2.04. The van der Waals surface area contributed by atoms with Crippen LogP contribution in [0.3, 0.4) is 0 Å². The fourth-order valence-electron chi connectivity index (χ4n) is 2.59. The Labute approximate surface area is 164 Å². The predicted octanol–water partition coefficient (Wildman–Crippen LogP) is 4.66. The van der Waals surface area contributed by atoms with E-state index in [4.69, 9.17) is 16.3 Å². The first kappa shape index (κ1) is 18.6. The number of benzene rings is 2. The zero-order valence-electron chi connectivity index (χ0n) is 14.4. The van der Waals surface area contributed by atoms with Gasteiger partial charge in [-0.2, -0.15) is 9.78 Å². The molecule has 0 aliphatic carbocycles. The van der Waals surface area contributed by atoms with Gasteiger partial charge in [-0.15, -0.1) is 0 Å². The average molecular weight is 435 g/mol. The van der Waals surface area contributed by atoms with E-state index in [1.54, 1.807) is 31.5 Å². The van der Waals surface area contributed by atoms with Gasteiger partial charge in [-0.05, 0) is 48.4 Å². The Morgan fingerprint density at radius 3 is 2.81 bits per heavy atom. The predicted molar refractivity (Wildman–Crippen MR) is 109 cm³/mol. The average Bonchev–Trinajstić information content (AvgIpc) is 2.62. The first-order valence-electron chi connectivity index (χ1n) is 8.12. The molecule has 0 radical (unpaired) electrons. The Balaban J connectivity index is 2.10. The topological polar surface area (TPSA) is 56.5 Å². The number of ether oxygens (including phenoxy) is 1. The molecule has 0 saturated carbocycles. The van der Waals surface area contributed by atoms with Crippen LogP contribution in [0.2, 0.25) is 5.02 Å². The van der Waals surface area contributed by atoms with Crippen molar-refractivity contribution in [1.29, 1.82) is 0 Å². The van der Waals surface area contributed by atoms with Gasteiger partial charge in [-0.25, -0.2) is 4.98 Å². The van der Waals surface area contributed by atoms with E-state index in [2.05, 4.69) is 26.0 Å². The SMILES string of the molecule is CCCc1nc2ccc(Br)cc2c(=O)n1N=Cc1ccc(OC)c(Cl)c1. The highest BCUT2D eigenvalue weighted by Crippen LogP contribution is 2.24. The number of aromatic nitrogens is 2. The zero-order chi connectivity index (χ0) is 18.7. The van der Waals surface area contributed by atoms with E-state index in [0.717, 1.165) is 16.5 Å². The lowest BCUT2D eigenvalue weighted by molar-refractivity contribution is 0.415. The molecule has 134 valence electrons. The van der Waals surface area contributed by atoms with Gasteiger partial charge in [0.05, 0.1) is 29.2 Å². The quantitative estimate of drug-likeness (QED) is 0.549. The largest absolute Gasteiger partial charge is 0.495 e. The first-order valence-corrected chi connectivity index (χ1v) is 9.29. The minimum absolute atomic E-state index is 0.199. The molecule has 3 aromatic rings. The maximum absolute atomic E-state index is 12.9. The van der Waals surface area contributed by atoms with E-state index in [1.807, 2.05) is 25.1 Å². The first-order chi connectivity index (χ1) is 12.5. The second-order valence-electron chi connectivity index (χ2n) is 5.70. The third-order valence-electron chi connectivity index (χ3n) is 3.85. The molecular formula is C19H17BrClN3O2. The Hall–Kier alpha value is -2.18. The molecular weight excluding hydrogens is 418 g/mol. The third-order valence-corrected chi connectivity index (χ3v) is 4.64. The fourth-order valence-corrected chi connectivity index (χ4v) is 3.21. The monoisotopic (exact) mass is 433 g/mol. The van der Waals surface area contributed by atoms with Crippen molar-refractivity contribution < 1.29 is 4.74 Å². The standard InChI is InChI=1S/C19H17BrClN3O2/c1-3-4-18-23-16-7-6-13(20)10-14(16)19(25)24(18)22-11-12-5-8-17(26-2)15(21)9-12/h5-11H,3-4H2,1-2H3. The molecule has 3 rings (SSSR count). The highest BCUT2D eigenvalue weighted by molar-refractivity contribution is 9.10. The van der Waals surface area contributed by atoms with Gasteiger partial charge in [0.15, 0.2) is 0 Å². The van der Waals surface area contributed by atoms with Crippen LogP contribution in [0.5, 0.6) is 5.75 Å². The van der Waals surface area contributed by atoms with Crippen LogP contribution in [0.1, 0.15) is 24.7 Å². The summed E-state index contributed by atoms with van der Waals surface area (Å²) in [6.07, 6.45) is 3.11. The highest BCUT2D eigenvalue weighted by atomic mass is 79.9. The van der Waals surface area contributed by atoms with Crippen LogP contribution in [0.25, 0.3) is 10.9 Å². The van der Waals surface area contributed by atoms with Crippen molar-refractivity contribution in [2.45, 2.75) is 19.8 Å². The molecule has 0 unspecified atom stereocenters. The van der Waals surface area contributed by atoms with Gasteiger partial charge >= 0.3 is 0 Å². The minimum Gasteiger partial charge on any atom is -0.495 e. The Morgan fingerprint density at radius 2 is 2.12 bits per heavy atom. The molecule has 1 aromatic heterocycles. The summed E-state index contributed by atoms with van der Waals surface area (Å²) in [7, 11) is 1.56. The summed E-state index contributed by atoms with van der Waals surface area (Å²) in [6, 6.07) is 10.8. The van der Waals surface area contributed by atoms with Gasteiger partial charge in [0, 0.05) is 10.9 Å². The zero-order valence-corrected chi connectivity index (χ0v) is 16.7. The van der Waals surface area contributed by atoms with Crippen molar-refractivity contribution in [3.63, 3.8) is 0 Å². The number of aryl methyl sites for hydroxylation is 1. The summed E-state index contributed by atoms with van der Waals surface area (Å²) in [5.41, 5.74) is 1.23. The van der Waals surface area contributed by atoms with Gasteiger partial charge in [0.25, 0.3) is 5.56 Å². The van der Waals surface area contributed by atoms with E-state index >= 15 is 0 Å². The van der Waals surface area contributed by atoms with Gasteiger partial charge in [0.2, 0.25) is 0 Å². The summed E-state index contributed by atoms with van der Waals surface area (Å²) >= 11 is 9.54. The van der Waals surface area contributed by atoms with Crippen LogP contribution in [0.4, 0.5) is 0 Å². The number of hydrogen-bond donors (Lipinski definition) is 0. The number of fused-ring (bicyclic) bond motifs is 1. The molecule has 7 heteroatoms. The van der Waals surface area contributed by atoms with E-state index in [-0.39, 0.29) is 5.56 Å². The van der Waals surface area contributed by atoms with Gasteiger partial charge in [-0.3, -0.25) is 4.79 Å². The molecule has 0 aliphatic heterocycles. The van der Waals surface area contributed by atoms with Crippen LogP contribution in [-0.4, -0.2) is 23.0 Å². The van der Waals surface area contributed by atoms with Crippen LogP contribution >= 0.6 is 27.5 Å². The molecule has 5 nitrogen and oxygen atoms in total. The number of hydrogen-bond acceptors (Lipinski definition) is 4. The lowest BCUT2D eigenvalue weighted by Gasteiger charge is -2.09. The number of nitrogens with zero attached hydrogens (tertiary/aromatic N) is 3. The molecule has 0 fully saturated rings. The normalized spacial score (nSPS) is 11.4. The van der Waals surface area contributed by atoms with Crippen molar-refractivity contribution in [1.82, 2.24) is 9.66 Å². The number of rotatable bonds is 5. The second-order valence-corrected chi connectivity index (χ2v) is 7.02. The Morgan fingerprint density at radius 1 is 1.31 bits per heavy atom. The molecule has 0 saturated heterocycles. The lowest BCUT2D eigenvalue weighted by atomic mass is 10.2. The van der Waals surface area contributed by atoms with Gasteiger partial charge in [-0.1, -0.05) is 34.5 Å². The molecule has 0 aliphatic rings. The van der Waals surface area contributed by atoms with Crippen molar-refractivity contribution in [3.8, 4) is 5.75 Å². The fraction of sp³-hybridized carbons (Fsp3) is 0.211. The van der Waals surface area contributed by atoms with Crippen LogP contribution in [0, 0.1) is 0 Å². The summed E-state index contributed by atoms with van der Waals surface area (Å²) in [5, 5.41) is 5.38. The van der Waals surface area contributed by atoms with Gasteiger partial charge in [0.1, 0.15) is 11.6 Å². The lowest BCUT2D eigenvalue weighted by Crippen LogP contribution is -2.22. The minimum atomic E-state index is -0.199. The maximum atomic E-state index is 12.9. The molecule has 0 spiro atoms. The highest BCUT2D eigenvalue weighted by Gasteiger charge is 2.10. The van der Waals surface area contributed by atoms with Gasteiger partial charge < -0.3 is 4.74 Å². The molecule has 26 heavy (non-hydrogen) atoms. The molecule has 2 aromatic carbocycles. The number of methoxy groups -OCH3 is 1.